The van der Waals surface area contributed by atoms with Crippen LogP contribution in [0, 0.1) is 11.7 Å². The maximum atomic E-state index is 14.6. The maximum Gasteiger partial charge on any atom is 0.416 e. The lowest BCUT2D eigenvalue weighted by Gasteiger charge is -2.39. The normalized spacial score (nSPS) is 21.8. The first kappa shape index (κ1) is 24.4. The highest BCUT2D eigenvalue weighted by Gasteiger charge is 2.41. The first-order chi connectivity index (χ1) is 16.2. The molecule has 0 radical (unpaired) electrons. The molecule has 2 aromatic rings. The zero-order valence-electron chi connectivity index (χ0n) is 18.5. The number of aromatic nitrogens is 1. The molecule has 0 amide bonds. The second-order valence-corrected chi connectivity index (χ2v) is 9.09. The Hall–Kier alpha value is -2.71. The van der Waals surface area contributed by atoms with Crippen LogP contribution in [0.15, 0.2) is 65.8 Å². The number of hydrogen-bond donors (Lipinski definition) is 2. The van der Waals surface area contributed by atoms with Gasteiger partial charge in [0.05, 0.1) is 40.2 Å². The van der Waals surface area contributed by atoms with Crippen LogP contribution in [-0.4, -0.2) is 30.0 Å². The van der Waals surface area contributed by atoms with Gasteiger partial charge in [-0.1, -0.05) is 35.9 Å². The third-order valence-electron chi connectivity index (χ3n) is 6.13. The van der Waals surface area contributed by atoms with E-state index in [2.05, 4.69) is 20.6 Å². The van der Waals surface area contributed by atoms with E-state index in [1.807, 2.05) is 31.2 Å². The van der Waals surface area contributed by atoms with Crippen molar-refractivity contribution in [1.29, 1.82) is 0 Å². The average Bonchev–Trinajstić information content (AvgIpc) is 3.22. The minimum absolute atomic E-state index is 0.00195. The minimum Gasteiger partial charge on any atom is -0.368 e. The molecule has 4 rings (SSSR count). The SMILES string of the molecule is CC1=NCC(CNC(CC2C=CC=CC2)(c2cc(F)cc(C(F)(F)F)c2)c2ccc(Cl)cn2)N1. The molecule has 0 saturated carbocycles. The van der Waals surface area contributed by atoms with E-state index in [0.29, 0.717) is 42.7 Å². The summed E-state index contributed by atoms with van der Waals surface area (Å²) in [7, 11) is 0. The predicted octanol–water partition coefficient (Wildman–Crippen LogP) is 5.64. The third-order valence-corrected chi connectivity index (χ3v) is 6.36. The number of aliphatic imine (C=N–C) groups is 1. The fraction of sp³-hybridized carbons (Fsp3) is 0.360. The number of benzene rings is 1. The number of allylic oxidation sites excluding steroid dienone is 4. The molecule has 0 fully saturated rings. The highest BCUT2D eigenvalue weighted by atomic mass is 35.5. The topological polar surface area (TPSA) is 49.3 Å². The van der Waals surface area contributed by atoms with Crippen LogP contribution in [0.2, 0.25) is 5.02 Å². The van der Waals surface area contributed by atoms with E-state index in [4.69, 9.17) is 11.6 Å². The number of hydrogen-bond acceptors (Lipinski definition) is 4. The van der Waals surface area contributed by atoms with Crippen LogP contribution in [-0.2, 0) is 11.7 Å². The van der Waals surface area contributed by atoms with Gasteiger partial charge in [0.1, 0.15) is 5.82 Å². The predicted molar refractivity (Wildman–Crippen MR) is 125 cm³/mol. The monoisotopic (exact) mass is 492 g/mol. The molecule has 1 aliphatic carbocycles. The van der Waals surface area contributed by atoms with Crippen LogP contribution < -0.4 is 10.6 Å². The fourth-order valence-corrected chi connectivity index (χ4v) is 4.60. The quantitative estimate of drug-likeness (QED) is 0.492. The highest BCUT2D eigenvalue weighted by Crippen LogP contribution is 2.40. The van der Waals surface area contributed by atoms with Crippen LogP contribution in [0.4, 0.5) is 17.6 Å². The van der Waals surface area contributed by atoms with Crippen molar-refractivity contribution >= 4 is 17.4 Å². The lowest BCUT2D eigenvalue weighted by Crippen LogP contribution is -2.51. The summed E-state index contributed by atoms with van der Waals surface area (Å²) in [6, 6.07) is 5.96. The lowest BCUT2D eigenvalue weighted by atomic mass is 9.76. The summed E-state index contributed by atoms with van der Waals surface area (Å²) in [4.78, 5) is 8.84. The highest BCUT2D eigenvalue weighted by molar-refractivity contribution is 6.30. The van der Waals surface area contributed by atoms with Crippen molar-refractivity contribution in [3.63, 3.8) is 0 Å². The van der Waals surface area contributed by atoms with E-state index in [1.54, 1.807) is 12.1 Å². The molecular formula is C25H25ClF4N4. The van der Waals surface area contributed by atoms with Gasteiger partial charge in [-0.05, 0) is 61.6 Å². The number of nitrogens with zero attached hydrogens (tertiary/aromatic N) is 2. The molecule has 2 heterocycles. The van der Waals surface area contributed by atoms with E-state index in [0.717, 1.165) is 18.0 Å². The van der Waals surface area contributed by atoms with Gasteiger partial charge in [-0.2, -0.15) is 13.2 Å². The molecule has 34 heavy (non-hydrogen) atoms. The van der Waals surface area contributed by atoms with E-state index in [9.17, 15) is 17.6 Å². The number of alkyl halides is 3. The van der Waals surface area contributed by atoms with Gasteiger partial charge in [-0.3, -0.25) is 9.98 Å². The fourth-order valence-electron chi connectivity index (χ4n) is 4.49. The molecule has 180 valence electrons. The van der Waals surface area contributed by atoms with Crippen molar-refractivity contribution in [1.82, 2.24) is 15.6 Å². The van der Waals surface area contributed by atoms with E-state index in [-0.39, 0.29) is 17.5 Å². The molecule has 1 aromatic heterocycles. The van der Waals surface area contributed by atoms with Gasteiger partial charge >= 0.3 is 6.18 Å². The largest absolute Gasteiger partial charge is 0.416 e. The molecule has 1 aliphatic heterocycles. The average molecular weight is 493 g/mol. The summed E-state index contributed by atoms with van der Waals surface area (Å²) in [6.45, 7) is 2.77. The Kier molecular flexibility index (Phi) is 7.09. The van der Waals surface area contributed by atoms with Crippen molar-refractivity contribution in [3.8, 4) is 0 Å². The molecule has 3 unspecified atom stereocenters. The standard InChI is InChI=1S/C25H25ClF4N4/c1-16-31-14-22(34-16)15-33-24(12-17-5-3-2-4-6-17,23-8-7-20(26)13-32-23)18-9-19(25(28,29)30)11-21(27)10-18/h2-5,7-11,13,17,22,33H,6,12,14-15H2,1H3,(H,31,34). The number of nitrogens with one attached hydrogen (secondary N) is 2. The van der Waals surface area contributed by atoms with E-state index < -0.39 is 23.1 Å². The number of amidine groups is 1. The molecule has 0 spiro atoms. The molecule has 2 aliphatic rings. The molecule has 9 heteroatoms. The lowest BCUT2D eigenvalue weighted by molar-refractivity contribution is -0.137. The van der Waals surface area contributed by atoms with Gasteiger partial charge in [0, 0.05) is 12.7 Å². The van der Waals surface area contributed by atoms with Crippen LogP contribution >= 0.6 is 11.6 Å². The van der Waals surface area contributed by atoms with Crippen molar-refractivity contribution in [3.05, 3.63) is 88.5 Å². The second-order valence-electron chi connectivity index (χ2n) is 8.65. The Bertz CT molecular complexity index is 1110. The van der Waals surface area contributed by atoms with Crippen LogP contribution in [0.25, 0.3) is 0 Å². The van der Waals surface area contributed by atoms with Gasteiger partial charge in [0.15, 0.2) is 0 Å². The van der Waals surface area contributed by atoms with Gasteiger partial charge in [-0.25, -0.2) is 4.39 Å². The van der Waals surface area contributed by atoms with Gasteiger partial charge in [-0.15, -0.1) is 0 Å². The van der Waals surface area contributed by atoms with E-state index in [1.165, 1.54) is 6.20 Å². The summed E-state index contributed by atoms with van der Waals surface area (Å²) in [5, 5.41) is 7.12. The first-order valence-electron chi connectivity index (χ1n) is 11.0. The summed E-state index contributed by atoms with van der Waals surface area (Å²) < 4.78 is 55.6. The smallest absolute Gasteiger partial charge is 0.368 e. The van der Waals surface area contributed by atoms with Gasteiger partial charge in [0.2, 0.25) is 0 Å². The minimum atomic E-state index is -4.69. The van der Waals surface area contributed by atoms with E-state index >= 15 is 0 Å². The Morgan fingerprint density at radius 1 is 1.15 bits per heavy atom. The van der Waals surface area contributed by atoms with Gasteiger partial charge < -0.3 is 10.6 Å². The molecule has 2 N–H and O–H groups in total. The van der Waals surface area contributed by atoms with Crippen LogP contribution in [0.5, 0.6) is 0 Å². The zero-order chi connectivity index (χ0) is 24.3. The molecule has 3 atom stereocenters. The third kappa shape index (κ3) is 5.50. The molecule has 0 bridgehead atoms. The van der Waals surface area contributed by atoms with Crippen molar-refractivity contribution in [2.45, 2.75) is 37.5 Å². The number of rotatable bonds is 7. The summed E-state index contributed by atoms with van der Waals surface area (Å²) in [5.74, 6) is -0.156. The molecular weight excluding hydrogens is 468 g/mol. The Morgan fingerprint density at radius 2 is 1.94 bits per heavy atom. The van der Waals surface area contributed by atoms with Crippen molar-refractivity contribution in [2.24, 2.45) is 10.9 Å². The maximum absolute atomic E-state index is 14.6. The molecule has 1 aromatic carbocycles. The Labute approximate surface area is 200 Å². The first-order valence-corrected chi connectivity index (χ1v) is 11.4. The number of halogens is 5. The number of pyridine rings is 1. The Morgan fingerprint density at radius 3 is 2.56 bits per heavy atom. The Balaban J connectivity index is 1.84. The van der Waals surface area contributed by atoms with Crippen molar-refractivity contribution < 1.29 is 17.6 Å². The summed E-state index contributed by atoms with van der Waals surface area (Å²) in [5.41, 5.74) is -1.62. The second kappa shape index (κ2) is 9.88. The summed E-state index contributed by atoms with van der Waals surface area (Å²) in [6.07, 6.45) is 5.70. The van der Waals surface area contributed by atoms with Crippen LogP contribution in [0.1, 0.15) is 36.6 Å². The molecule has 4 nitrogen and oxygen atoms in total. The van der Waals surface area contributed by atoms with Crippen molar-refractivity contribution in [2.75, 3.05) is 13.1 Å². The van der Waals surface area contributed by atoms with Gasteiger partial charge in [0.25, 0.3) is 0 Å². The molecule has 0 saturated heterocycles. The summed E-state index contributed by atoms with van der Waals surface area (Å²) >= 11 is 6.07. The zero-order valence-corrected chi connectivity index (χ0v) is 19.3. The van der Waals surface area contributed by atoms with Crippen LogP contribution in [0.3, 0.4) is 0 Å².